The SMILES string of the molecule is C[C@@H]1CN(C(=O)c2ccccc2Cn2cncn2)CC(C(=O)O)O1. The topological polar surface area (TPSA) is 97.6 Å². The van der Waals surface area contributed by atoms with E-state index in [-0.39, 0.29) is 18.6 Å². The zero-order valence-electron chi connectivity index (χ0n) is 13.2. The first-order valence-electron chi connectivity index (χ1n) is 7.62. The smallest absolute Gasteiger partial charge is 0.334 e. The Morgan fingerprint density at radius 1 is 1.33 bits per heavy atom. The van der Waals surface area contributed by atoms with Crippen LogP contribution < -0.4 is 0 Å². The Balaban J connectivity index is 1.83. The number of ether oxygens (including phenoxy) is 1. The number of aromatic nitrogens is 3. The van der Waals surface area contributed by atoms with Crippen molar-refractivity contribution in [1.29, 1.82) is 0 Å². The zero-order chi connectivity index (χ0) is 17.1. The molecule has 1 fully saturated rings. The molecule has 2 aromatic rings. The second-order valence-corrected chi connectivity index (χ2v) is 5.73. The molecular formula is C16H18N4O4. The highest BCUT2D eigenvalue weighted by Gasteiger charge is 2.33. The van der Waals surface area contributed by atoms with Gasteiger partial charge in [0.25, 0.3) is 5.91 Å². The molecule has 24 heavy (non-hydrogen) atoms. The molecule has 1 unspecified atom stereocenters. The molecule has 1 amide bonds. The van der Waals surface area contributed by atoms with Crippen LogP contribution in [0.15, 0.2) is 36.9 Å². The molecule has 126 valence electrons. The number of amides is 1. The van der Waals surface area contributed by atoms with Crippen molar-refractivity contribution in [3.63, 3.8) is 0 Å². The number of benzene rings is 1. The maximum absolute atomic E-state index is 12.9. The molecule has 1 aliphatic rings. The largest absolute Gasteiger partial charge is 0.479 e. The lowest BCUT2D eigenvalue weighted by atomic mass is 10.0. The molecule has 1 aliphatic heterocycles. The minimum Gasteiger partial charge on any atom is -0.479 e. The summed E-state index contributed by atoms with van der Waals surface area (Å²) in [6.07, 6.45) is 1.69. The van der Waals surface area contributed by atoms with Gasteiger partial charge in [0.05, 0.1) is 19.2 Å². The molecule has 0 spiro atoms. The summed E-state index contributed by atoms with van der Waals surface area (Å²) in [5, 5.41) is 13.2. The molecule has 1 aromatic carbocycles. The highest BCUT2D eigenvalue weighted by atomic mass is 16.5. The first-order chi connectivity index (χ1) is 11.5. The van der Waals surface area contributed by atoms with E-state index in [4.69, 9.17) is 4.74 Å². The summed E-state index contributed by atoms with van der Waals surface area (Å²) in [7, 11) is 0. The number of carboxylic acid groups (broad SMARTS) is 1. The van der Waals surface area contributed by atoms with Gasteiger partial charge in [0.1, 0.15) is 12.7 Å². The molecule has 1 aromatic heterocycles. The Morgan fingerprint density at radius 2 is 2.12 bits per heavy atom. The van der Waals surface area contributed by atoms with Gasteiger partial charge < -0.3 is 14.7 Å². The van der Waals surface area contributed by atoms with Gasteiger partial charge in [-0.3, -0.25) is 4.79 Å². The van der Waals surface area contributed by atoms with Crippen LogP contribution in [0.3, 0.4) is 0 Å². The second kappa shape index (κ2) is 6.79. The van der Waals surface area contributed by atoms with Crippen molar-refractivity contribution in [3.8, 4) is 0 Å². The maximum Gasteiger partial charge on any atom is 0.334 e. The Hall–Kier alpha value is -2.74. The average Bonchev–Trinajstić information content (AvgIpc) is 3.07. The number of hydrogen-bond donors (Lipinski definition) is 1. The average molecular weight is 330 g/mol. The summed E-state index contributed by atoms with van der Waals surface area (Å²) in [6, 6.07) is 7.24. The van der Waals surface area contributed by atoms with Gasteiger partial charge in [-0.1, -0.05) is 18.2 Å². The number of nitrogens with zero attached hydrogens (tertiary/aromatic N) is 4. The molecular weight excluding hydrogens is 312 g/mol. The lowest BCUT2D eigenvalue weighted by Gasteiger charge is -2.35. The third kappa shape index (κ3) is 3.43. The van der Waals surface area contributed by atoms with Gasteiger partial charge in [0.2, 0.25) is 0 Å². The monoisotopic (exact) mass is 330 g/mol. The van der Waals surface area contributed by atoms with Crippen LogP contribution in [0.5, 0.6) is 0 Å². The molecule has 2 heterocycles. The summed E-state index contributed by atoms with van der Waals surface area (Å²) in [5.74, 6) is -1.26. The van der Waals surface area contributed by atoms with Gasteiger partial charge in [-0.25, -0.2) is 14.5 Å². The predicted octanol–water partition coefficient (Wildman–Crippen LogP) is 0.641. The minimum absolute atomic E-state index is 0.0379. The van der Waals surface area contributed by atoms with E-state index in [9.17, 15) is 14.7 Å². The number of rotatable bonds is 4. The van der Waals surface area contributed by atoms with Gasteiger partial charge in [-0.2, -0.15) is 5.10 Å². The number of hydrogen-bond acceptors (Lipinski definition) is 5. The van der Waals surface area contributed by atoms with Crippen molar-refractivity contribution >= 4 is 11.9 Å². The molecule has 8 nitrogen and oxygen atoms in total. The lowest BCUT2D eigenvalue weighted by Crippen LogP contribution is -2.51. The van der Waals surface area contributed by atoms with Gasteiger partial charge in [-0.05, 0) is 18.6 Å². The van der Waals surface area contributed by atoms with E-state index in [1.165, 1.54) is 11.2 Å². The third-order valence-electron chi connectivity index (χ3n) is 3.87. The first kappa shape index (κ1) is 16.1. The van der Waals surface area contributed by atoms with Gasteiger partial charge >= 0.3 is 5.97 Å². The zero-order valence-corrected chi connectivity index (χ0v) is 13.2. The second-order valence-electron chi connectivity index (χ2n) is 5.73. The van der Waals surface area contributed by atoms with E-state index < -0.39 is 12.1 Å². The molecule has 0 aliphatic carbocycles. The number of carbonyl (C=O) groups is 2. The molecule has 2 atom stereocenters. The first-order valence-corrected chi connectivity index (χ1v) is 7.62. The van der Waals surface area contributed by atoms with Crippen LogP contribution in [0, 0.1) is 0 Å². The van der Waals surface area contributed by atoms with Crippen molar-refractivity contribution in [2.75, 3.05) is 13.1 Å². The molecule has 3 rings (SSSR count). The van der Waals surface area contributed by atoms with E-state index in [2.05, 4.69) is 10.1 Å². The van der Waals surface area contributed by atoms with Crippen LogP contribution in [0.25, 0.3) is 0 Å². The number of carboxylic acids is 1. The van der Waals surface area contributed by atoms with E-state index in [1.54, 1.807) is 30.1 Å². The van der Waals surface area contributed by atoms with Crippen molar-refractivity contribution < 1.29 is 19.4 Å². The summed E-state index contributed by atoms with van der Waals surface area (Å²) in [5.41, 5.74) is 1.34. The highest BCUT2D eigenvalue weighted by Crippen LogP contribution is 2.18. The quantitative estimate of drug-likeness (QED) is 0.883. The number of morpholine rings is 1. The van der Waals surface area contributed by atoms with E-state index in [0.717, 1.165) is 5.56 Å². The highest BCUT2D eigenvalue weighted by molar-refractivity contribution is 5.96. The fourth-order valence-electron chi connectivity index (χ4n) is 2.78. The van der Waals surface area contributed by atoms with Gasteiger partial charge in [0.15, 0.2) is 6.10 Å². The number of aliphatic carboxylic acids is 1. The molecule has 1 N–H and O–H groups in total. The molecule has 1 saturated heterocycles. The number of carbonyl (C=O) groups excluding carboxylic acids is 1. The van der Waals surface area contributed by atoms with Crippen molar-refractivity contribution in [1.82, 2.24) is 19.7 Å². The molecule has 0 radical (unpaired) electrons. The summed E-state index contributed by atoms with van der Waals surface area (Å²) >= 11 is 0. The fourth-order valence-corrected chi connectivity index (χ4v) is 2.78. The fraction of sp³-hybridized carbons (Fsp3) is 0.375. The van der Waals surface area contributed by atoms with Gasteiger partial charge in [-0.15, -0.1) is 0 Å². The van der Waals surface area contributed by atoms with E-state index in [0.29, 0.717) is 18.7 Å². The summed E-state index contributed by atoms with van der Waals surface area (Å²) < 4.78 is 7.00. The van der Waals surface area contributed by atoms with Crippen molar-refractivity contribution in [2.24, 2.45) is 0 Å². The predicted molar refractivity (Wildman–Crippen MR) is 83.4 cm³/mol. The minimum atomic E-state index is -1.06. The third-order valence-corrected chi connectivity index (χ3v) is 3.87. The summed E-state index contributed by atoms with van der Waals surface area (Å²) in [6.45, 7) is 2.58. The normalized spacial score (nSPS) is 20.8. The van der Waals surface area contributed by atoms with Crippen LogP contribution in [0.1, 0.15) is 22.8 Å². The van der Waals surface area contributed by atoms with E-state index >= 15 is 0 Å². The maximum atomic E-state index is 12.9. The molecule has 8 heteroatoms. The Bertz CT molecular complexity index is 731. The lowest BCUT2D eigenvalue weighted by molar-refractivity contribution is -0.160. The van der Waals surface area contributed by atoms with Crippen LogP contribution >= 0.6 is 0 Å². The molecule has 0 bridgehead atoms. The van der Waals surface area contributed by atoms with E-state index in [1.807, 2.05) is 12.1 Å². The standard InChI is InChI=1S/C16H18N4O4/c1-11-6-19(8-14(24-11)16(22)23)15(21)13-5-3-2-4-12(13)7-20-10-17-9-18-20/h2-5,9-11,14H,6-8H2,1H3,(H,22,23)/t11-,14?/m1/s1. The Labute approximate surface area is 138 Å². The Kier molecular flexibility index (Phi) is 4.57. The van der Waals surface area contributed by atoms with Crippen molar-refractivity contribution in [3.05, 3.63) is 48.0 Å². The van der Waals surface area contributed by atoms with Crippen molar-refractivity contribution in [2.45, 2.75) is 25.7 Å². The van der Waals surface area contributed by atoms with Gasteiger partial charge in [0, 0.05) is 12.1 Å². The Morgan fingerprint density at radius 3 is 2.83 bits per heavy atom. The van der Waals surface area contributed by atoms with Crippen LogP contribution in [0.2, 0.25) is 0 Å². The van der Waals surface area contributed by atoms with Crippen LogP contribution in [-0.4, -0.2) is 61.9 Å². The summed E-state index contributed by atoms with van der Waals surface area (Å²) in [4.78, 5) is 29.5. The van der Waals surface area contributed by atoms with Crippen LogP contribution in [-0.2, 0) is 16.1 Å². The molecule has 0 saturated carbocycles. The van der Waals surface area contributed by atoms with Crippen LogP contribution in [0.4, 0.5) is 0 Å².